The molecule has 2 N–H and O–H groups in total. The molecule has 0 radical (unpaired) electrons. The molecule has 6 heteroatoms. The van der Waals surface area contributed by atoms with Crippen LogP contribution in [0.5, 0.6) is 0 Å². The fraction of sp³-hybridized carbons (Fsp3) is 0.636. The van der Waals surface area contributed by atoms with E-state index in [0.717, 1.165) is 0 Å². The van der Waals surface area contributed by atoms with Crippen LogP contribution in [0.25, 0.3) is 0 Å². The normalized spacial score (nSPS) is 12.6. The van der Waals surface area contributed by atoms with Crippen molar-refractivity contribution >= 4 is 10.0 Å². The van der Waals surface area contributed by atoms with Crippen LogP contribution in [0.15, 0.2) is 17.2 Å². The monoisotopic (exact) mass is 260 g/mol. The van der Waals surface area contributed by atoms with Crippen molar-refractivity contribution in [2.75, 3.05) is 0 Å². The molecule has 1 aromatic heterocycles. The number of aliphatic hydroxyl groups is 1. The molecule has 0 aliphatic heterocycles. The topological polar surface area (TPSA) is 71.3 Å². The lowest BCUT2D eigenvalue weighted by Gasteiger charge is -2.10. The molecular weight excluding hydrogens is 240 g/mol. The summed E-state index contributed by atoms with van der Waals surface area (Å²) in [6, 6.07) is 1.46. The van der Waals surface area contributed by atoms with Crippen molar-refractivity contribution in [3.05, 3.63) is 18.0 Å². The lowest BCUT2D eigenvalue weighted by Crippen LogP contribution is -2.29. The Balaban J connectivity index is 3.16. The maximum atomic E-state index is 11.9. The van der Waals surface area contributed by atoms with Gasteiger partial charge in [-0.1, -0.05) is 0 Å². The van der Waals surface area contributed by atoms with Crippen LogP contribution in [0, 0.1) is 0 Å². The summed E-state index contributed by atoms with van der Waals surface area (Å²) in [5.41, 5.74) is 0.601. The highest BCUT2D eigenvalue weighted by Gasteiger charge is 2.19. The Bertz CT molecular complexity index is 475. The Morgan fingerprint density at radius 2 is 1.94 bits per heavy atom. The van der Waals surface area contributed by atoms with E-state index in [0.29, 0.717) is 5.69 Å². The first-order chi connectivity index (χ1) is 7.77. The van der Waals surface area contributed by atoms with Gasteiger partial charge in [-0.15, -0.1) is 0 Å². The van der Waals surface area contributed by atoms with Crippen LogP contribution in [0.1, 0.15) is 39.4 Å². The number of sulfonamides is 1. The molecule has 0 spiro atoms. The van der Waals surface area contributed by atoms with Crippen LogP contribution in [-0.2, 0) is 16.6 Å². The Hall–Kier alpha value is -0.850. The molecule has 98 valence electrons. The van der Waals surface area contributed by atoms with Crippen molar-refractivity contribution in [3.63, 3.8) is 0 Å². The summed E-state index contributed by atoms with van der Waals surface area (Å²) in [6.07, 6.45) is 1.56. The van der Waals surface area contributed by atoms with Gasteiger partial charge in [-0.05, 0) is 33.8 Å². The summed E-state index contributed by atoms with van der Waals surface area (Å²) in [5.74, 6) is 0. The van der Waals surface area contributed by atoms with E-state index in [9.17, 15) is 13.5 Å². The minimum absolute atomic E-state index is 0.111. The van der Waals surface area contributed by atoms with E-state index in [2.05, 4.69) is 4.72 Å². The third-order valence-electron chi connectivity index (χ3n) is 2.33. The Labute approximate surface area is 103 Å². The molecule has 0 aromatic carbocycles. The molecule has 1 rings (SSSR count). The van der Waals surface area contributed by atoms with Crippen LogP contribution in [-0.4, -0.2) is 24.1 Å². The lowest BCUT2D eigenvalue weighted by atomic mass is 10.3. The van der Waals surface area contributed by atoms with Gasteiger partial charge in [-0.2, -0.15) is 0 Å². The summed E-state index contributed by atoms with van der Waals surface area (Å²) in [4.78, 5) is 0.198. The van der Waals surface area contributed by atoms with E-state index in [-0.39, 0.29) is 23.6 Å². The number of nitrogens with one attached hydrogen (secondary N) is 1. The Kier molecular flexibility index (Phi) is 4.35. The van der Waals surface area contributed by atoms with Gasteiger partial charge in [0.15, 0.2) is 0 Å². The third kappa shape index (κ3) is 3.31. The second-order valence-electron chi connectivity index (χ2n) is 4.60. The standard InChI is InChI=1S/C11H20N2O3S/c1-8(2)12-17(15,16)11-5-10(7-14)13(6-11)9(3)4/h5-6,8-9,12,14H,7H2,1-4H3. The summed E-state index contributed by atoms with van der Waals surface area (Å²) in [6.45, 7) is 7.24. The maximum absolute atomic E-state index is 11.9. The van der Waals surface area contributed by atoms with Crippen molar-refractivity contribution in [2.45, 2.75) is 51.3 Å². The van der Waals surface area contributed by atoms with E-state index in [1.165, 1.54) is 6.07 Å². The molecule has 0 saturated carbocycles. The molecule has 0 bridgehead atoms. The third-order valence-corrected chi connectivity index (χ3v) is 3.95. The first-order valence-corrected chi connectivity index (χ1v) is 7.10. The van der Waals surface area contributed by atoms with Gasteiger partial charge in [0.25, 0.3) is 0 Å². The van der Waals surface area contributed by atoms with Gasteiger partial charge in [0.1, 0.15) is 0 Å². The van der Waals surface area contributed by atoms with Gasteiger partial charge in [0.2, 0.25) is 10.0 Å². The van der Waals surface area contributed by atoms with E-state index in [1.54, 1.807) is 24.6 Å². The molecular formula is C11H20N2O3S. The average molecular weight is 260 g/mol. The zero-order valence-corrected chi connectivity index (χ0v) is 11.5. The SMILES string of the molecule is CC(C)NS(=O)(=O)c1cc(CO)n(C(C)C)c1. The molecule has 0 atom stereocenters. The fourth-order valence-corrected chi connectivity index (χ4v) is 2.93. The number of aromatic nitrogens is 1. The van der Waals surface area contributed by atoms with Gasteiger partial charge in [-0.25, -0.2) is 13.1 Å². The quantitative estimate of drug-likeness (QED) is 0.837. The average Bonchev–Trinajstić information content (AvgIpc) is 2.59. The molecule has 0 fully saturated rings. The second-order valence-corrected chi connectivity index (χ2v) is 6.32. The van der Waals surface area contributed by atoms with Crippen molar-refractivity contribution in [1.29, 1.82) is 0 Å². The summed E-state index contributed by atoms with van der Waals surface area (Å²) in [7, 11) is -3.49. The van der Waals surface area contributed by atoms with E-state index in [1.807, 2.05) is 13.8 Å². The molecule has 1 aromatic rings. The first-order valence-electron chi connectivity index (χ1n) is 5.62. The van der Waals surface area contributed by atoms with Gasteiger partial charge in [-0.3, -0.25) is 0 Å². The molecule has 0 aliphatic carbocycles. The van der Waals surface area contributed by atoms with Crippen LogP contribution >= 0.6 is 0 Å². The van der Waals surface area contributed by atoms with Crippen LogP contribution < -0.4 is 4.72 Å². The fourth-order valence-electron chi connectivity index (χ4n) is 1.63. The summed E-state index contributed by atoms with van der Waals surface area (Å²) in [5, 5.41) is 9.19. The Morgan fingerprint density at radius 1 is 1.35 bits per heavy atom. The first kappa shape index (κ1) is 14.2. The van der Waals surface area contributed by atoms with Gasteiger partial charge in [0, 0.05) is 24.0 Å². The van der Waals surface area contributed by atoms with Gasteiger partial charge in [0.05, 0.1) is 11.5 Å². The van der Waals surface area contributed by atoms with E-state index >= 15 is 0 Å². The summed E-state index contributed by atoms with van der Waals surface area (Å²) >= 11 is 0. The number of rotatable bonds is 5. The lowest BCUT2D eigenvalue weighted by molar-refractivity contribution is 0.268. The molecule has 0 amide bonds. The summed E-state index contributed by atoms with van der Waals surface area (Å²) < 4.78 is 28.2. The molecule has 0 saturated heterocycles. The Morgan fingerprint density at radius 3 is 2.29 bits per heavy atom. The minimum Gasteiger partial charge on any atom is -0.390 e. The van der Waals surface area contributed by atoms with Crippen LogP contribution in [0.4, 0.5) is 0 Å². The van der Waals surface area contributed by atoms with E-state index < -0.39 is 10.0 Å². The zero-order chi connectivity index (χ0) is 13.2. The van der Waals surface area contributed by atoms with Crippen molar-refractivity contribution < 1.29 is 13.5 Å². The highest BCUT2D eigenvalue weighted by molar-refractivity contribution is 7.89. The largest absolute Gasteiger partial charge is 0.390 e. The molecule has 17 heavy (non-hydrogen) atoms. The molecule has 1 heterocycles. The van der Waals surface area contributed by atoms with Gasteiger partial charge >= 0.3 is 0 Å². The minimum atomic E-state index is -3.49. The second kappa shape index (κ2) is 5.20. The molecule has 0 unspecified atom stereocenters. The smallest absolute Gasteiger partial charge is 0.242 e. The van der Waals surface area contributed by atoms with Crippen molar-refractivity contribution in [2.24, 2.45) is 0 Å². The zero-order valence-electron chi connectivity index (χ0n) is 10.6. The van der Waals surface area contributed by atoms with Crippen LogP contribution in [0.2, 0.25) is 0 Å². The number of hydrogen-bond acceptors (Lipinski definition) is 3. The molecule has 5 nitrogen and oxygen atoms in total. The van der Waals surface area contributed by atoms with Crippen LogP contribution in [0.3, 0.4) is 0 Å². The van der Waals surface area contributed by atoms with Crippen molar-refractivity contribution in [3.8, 4) is 0 Å². The van der Waals surface area contributed by atoms with Gasteiger partial charge < -0.3 is 9.67 Å². The highest BCUT2D eigenvalue weighted by atomic mass is 32.2. The predicted octanol–water partition coefficient (Wildman–Crippen LogP) is 1.25. The number of aliphatic hydroxyl groups excluding tert-OH is 1. The number of hydrogen-bond donors (Lipinski definition) is 2. The maximum Gasteiger partial charge on any atom is 0.242 e. The van der Waals surface area contributed by atoms with E-state index in [4.69, 9.17) is 0 Å². The highest BCUT2D eigenvalue weighted by Crippen LogP contribution is 2.19. The predicted molar refractivity (Wildman–Crippen MR) is 66.2 cm³/mol. The molecule has 0 aliphatic rings. The van der Waals surface area contributed by atoms with Crippen molar-refractivity contribution in [1.82, 2.24) is 9.29 Å². The number of nitrogens with zero attached hydrogens (tertiary/aromatic N) is 1.